The SMILES string of the molecule is COC(=O)[C@H](CC[S@@](=O)c1ccccc1)NC(=O)C(c1ccccc1)(c1ccccc1)c1ccccc1. The normalized spacial score (nSPS) is 12.8. The third-order valence-electron chi connectivity index (χ3n) is 6.35. The molecule has 0 aliphatic rings. The summed E-state index contributed by atoms with van der Waals surface area (Å²) in [6, 6.07) is 36.6. The van der Waals surface area contributed by atoms with E-state index >= 15 is 0 Å². The van der Waals surface area contributed by atoms with Gasteiger partial charge in [-0.15, -0.1) is 0 Å². The maximum atomic E-state index is 14.4. The number of methoxy groups -OCH3 is 1. The molecule has 0 radical (unpaired) electrons. The van der Waals surface area contributed by atoms with Crippen molar-refractivity contribution in [2.45, 2.75) is 22.8 Å². The van der Waals surface area contributed by atoms with Gasteiger partial charge in [-0.05, 0) is 35.2 Å². The summed E-state index contributed by atoms with van der Waals surface area (Å²) in [6.45, 7) is 0. The highest BCUT2D eigenvalue weighted by Gasteiger charge is 2.45. The molecule has 5 nitrogen and oxygen atoms in total. The van der Waals surface area contributed by atoms with Crippen molar-refractivity contribution in [2.75, 3.05) is 12.9 Å². The van der Waals surface area contributed by atoms with E-state index in [1.165, 1.54) is 7.11 Å². The van der Waals surface area contributed by atoms with Crippen LogP contribution in [-0.2, 0) is 30.5 Å². The van der Waals surface area contributed by atoms with Crippen molar-refractivity contribution in [2.24, 2.45) is 0 Å². The number of carbonyl (C=O) groups is 2. The monoisotopic (exact) mass is 511 g/mol. The number of benzene rings is 4. The minimum Gasteiger partial charge on any atom is -0.467 e. The largest absolute Gasteiger partial charge is 0.467 e. The molecule has 0 aliphatic heterocycles. The Kier molecular flexibility index (Phi) is 8.64. The van der Waals surface area contributed by atoms with Crippen molar-refractivity contribution < 1.29 is 18.5 Å². The zero-order chi connectivity index (χ0) is 26.1. The first-order valence-corrected chi connectivity index (χ1v) is 13.4. The Labute approximate surface area is 220 Å². The average molecular weight is 512 g/mol. The van der Waals surface area contributed by atoms with Crippen LogP contribution in [0.3, 0.4) is 0 Å². The summed E-state index contributed by atoms with van der Waals surface area (Å²) in [5, 5.41) is 2.96. The lowest BCUT2D eigenvalue weighted by atomic mass is 9.68. The van der Waals surface area contributed by atoms with Crippen molar-refractivity contribution >= 4 is 22.7 Å². The van der Waals surface area contributed by atoms with Crippen LogP contribution in [0.1, 0.15) is 23.1 Å². The molecule has 0 aliphatic carbocycles. The van der Waals surface area contributed by atoms with Crippen molar-refractivity contribution in [3.8, 4) is 0 Å². The quantitative estimate of drug-likeness (QED) is 0.243. The van der Waals surface area contributed by atoms with Crippen molar-refractivity contribution in [3.05, 3.63) is 138 Å². The average Bonchev–Trinajstić information content (AvgIpc) is 2.97. The Morgan fingerprint density at radius 1 is 0.730 bits per heavy atom. The van der Waals surface area contributed by atoms with Gasteiger partial charge in [0.05, 0.1) is 17.9 Å². The highest BCUT2D eigenvalue weighted by Crippen LogP contribution is 2.39. The van der Waals surface area contributed by atoms with Crippen LogP contribution in [0.15, 0.2) is 126 Å². The number of amides is 1. The summed E-state index contributed by atoms with van der Waals surface area (Å²) in [5.74, 6) is -0.752. The minimum absolute atomic E-state index is 0.161. The number of ether oxygens (including phenoxy) is 1. The van der Waals surface area contributed by atoms with Crippen LogP contribution in [0.4, 0.5) is 0 Å². The van der Waals surface area contributed by atoms with E-state index in [2.05, 4.69) is 5.32 Å². The van der Waals surface area contributed by atoms with E-state index in [0.29, 0.717) is 4.90 Å². The summed E-state index contributed by atoms with van der Waals surface area (Å²) in [7, 11) is -0.0393. The molecule has 1 amide bonds. The number of carbonyl (C=O) groups excluding carboxylic acids is 2. The lowest BCUT2D eigenvalue weighted by Gasteiger charge is -2.35. The van der Waals surface area contributed by atoms with Crippen LogP contribution >= 0.6 is 0 Å². The van der Waals surface area contributed by atoms with E-state index in [0.717, 1.165) is 16.7 Å². The summed E-state index contributed by atoms with van der Waals surface area (Å²) >= 11 is 0. The number of nitrogens with one attached hydrogen (secondary N) is 1. The first kappa shape index (κ1) is 26.0. The van der Waals surface area contributed by atoms with Crippen LogP contribution in [0.5, 0.6) is 0 Å². The molecule has 0 saturated heterocycles. The summed E-state index contributed by atoms with van der Waals surface area (Å²) < 4.78 is 17.9. The summed E-state index contributed by atoms with van der Waals surface area (Å²) in [6.07, 6.45) is 0.161. The third-order valence-corrected chi connectivity index (χ3v) is 7.75. The van der Waals surface area contributed by atoms with Gasteiger partial charge in [-0.3, -0.25) is 9.00 Å². The number of rotatable bonds is 10. The van der Waals surface area contributed by atoms with E-state index in [9.17, 15) is 13.8 Å². The van der Waals surface area contributed by atoms with E-state index in [-0.39, 0.29) is 18.1 Å². The molecule has 4 rings (SSSR count). The molecule has 0 aromatic heterocycles. The molecule has 0 bridgehead atoms. The smallest absolute Gasteiger partial charge is 0.328 e. The number of hydrogen-bond donors (Lipinski definition) is 1. The van der Waals surface area contributed by atoms with E-state index in [1.54, 1.807) is 12.1 Å². The van der Waals surface area contributed by atoms with Crippen LogP contribution in [0.2, 0.25) is 0 Å². The topological polar surface area (TPSA) is 72.5 Å². The van der Waals surface area contributed by atoms with Gasteiger partial charge in [-0.2, -0.15) is 0 Å². The maximum Gasteiger partial charge on any atom is 0.328 e. The number of esters is 1. The third kappa shape index (κ3) is 5.70. The fourth-order valence-corrected chi connectivity index (χ4v) is 5.68. The van der Waals surface area contributed by atoms with Crippen LogP contribution in [0, 0.1) is 0 Å². The van der Waals surface area contributed by atoms with Gasteiger partial charge in [0.15, 0.2) is 0 Å². The molecular weight excluding hydrogens is 482 g/mol. The van der Waals surface area contributed by atoms with Crippen molar-refractivity contribution in [1.82, 2.24) is 5.32 Å². The molecule has 0 unspecified atom stereocenters. The zero-order valence-electron chi connectivity index (χ0n) is 20.6. The molecule has 1 N–H and O–H groups in total. The first-order chi connectivity index (χ1) is 18.1. The van der Waals surface area contributed by atoms with Crippen molar-refractivity contribution in [3.63, 3.8) is 0 Å². The second-order valence-corrected chi connectivity index (χ2v) is 10.1. The fourth-order valence-electron chi connectivity index (χ4n) is 4.53. The Morgan fingerprint density at radius 2 is 1.14 bits per heavy atom. The van der Waals surface area contributed by atoms with Gasteiger partial charge in [0.1, 0.15) is 11.5 Å². The predicted molar refractivity (Wildman–Crippen MR) is 145 cm³/mol. The van der Waals surface area contributed by atoms with Gasteiger partial charge in [-0.25, -0.2) is 4.79 Å². The molecule has 0 fully saturated rings. The Morgan fingerprint density at radius 3 is 1.54 bits per heavy atom. The highest BCUT2D eigenvalue weighted by molar-refractivity contribution is 7.85. The molecular formula is C31H29NO4S. The molecule has 37 heavy (non-hydrogen) atoms. The predicted octanol–water partition coefficient (Wildman–Crippen LogP) is 4.88. The van der Waals surface area contributed by atoms with Crippen LogP contribution in [-0.4, -0.2) is 35.0 Å². The lowest BCUT2D eigenvalue weighted by Crippen LogP contribution is -2.52. The van der Waals surface area contributed by atoms with Gasteiger partial charge in [-0.1, -0.05) is 109 Å². The van der Waals surface area contributed by atoms with E-state index in [4.69, 9.17) is 4.74 Å². The first-order valence-electron chi connectivity index (χ1n) is 12.1. The Bertz CT molecular complexity index is 1230. The second-order valence-electron chi connectivity index (χ2n) is 8.55. The molecule has 0 saturated carbocycles. The molecule has 188 valence electrons. The fraction of sp³-hybridized carbons (Fsp3) is 0.161. The van der Waals surface area contributed by atoms with Gasteiger partial charge in [0.2, 0.25) is 5.91 Å². The Balaban J connectivity index is 1.74. The standard InChI is InChI=1S/C31H29NO4S/c1-36-29(33)28(22-23-37(35)27-20-12-5-13-21-27)32-30(34)31(24-14-6-2-7-15-24,25-16-8-3-9-17-25)26-18-10-4-11-19-26/h2-21,28H,22-23H2,1H3,(H,32,34)/t28-,37+/m0/s1. The molecule has 0 heterocycles. The van der Waals surface area contributed by atoms with E-state index < -0.39 is 28.2 Å². The van der Waals surface area contributed by atoms with Gasteiger partial charge in [0.25, 0.3) is 0 Å². The molecule has 0 spiro atoms. The van der Waals surface area contributed by atoms with E-state index in [1.807, 2.05) is 109 Å². The molecule has 6 heteroatoms. The summed E-state index contributed by atoms with van der Waals surface area (Å²) in [5.41, 5.74) is 1.07. The van der Waals surface area contributed by atoms with Gasteiger partial charge < -0.3 is 10.1 Å². The molecule has 4 aromatic rings. The minimum atomic E-state index is -1.33. The number of hydrogen-bond acceptors (Lipinski definition) is 4. The lowest BCUT2D eigenvalue weighted by molar-refractivity contribution is -0.145. The van der Waals surface area contributed by atoms with Gasteiger partial charge >= 0.3 is 5.97 Å². The second kappa shape index (κ2) is 12.3. The Hall–Kier alpha value is -4.03. The van der Waals surface area contributed by atoms with Crippen LogP contribution in [0.25, 0.3) is 0 Å². The molecule has 2 atom stereocenters. The molecule has 4 aromatic carbocycles. The van der Waals surface area contributed by atoms with Gasteiger partial charge in [0, 0.05) is 10.6 Å². The zero-order valence-corrected chi connectivity index (χ0v) is 21.4. The van der Waals surface area contributed by atoms with Crippen LogP contribution < -0.4 is 5.32 Å². The maximum absolute atomic E-state index is 14.4. The van der Waals surface area contributed by atoms with Crippen molar-refractivity contribution in [1.29, 1.82) is 0 Å². The summed E-state index contributed by atoms with van der Waals surface area (Å²) in [4.78, 5) is 27.9. The highest BCUT2D eigenvalue weighted by atomic mass is 32.2.